The van der Waals surface area contributed by atoms with Crippen LogP contribution in [-0.2, 0) is 11.2 Å². The van der Waals surface area contributed by atoms with Crippen LogP contribution in [0, 0.1) is 0 Å². The van der Waals surface area contributed by atoms with Crippen molar-refractivity contribution in [1.29, 1.82) is 0 Å². The van der Waals surface area contributed by atoms with Gasteiger partial charge in [-0.05, 0) is 59.5 Å². The van der Waals surface area contributed by atoms with Gasteiger partial charge in [0.2, 0.25) is 0 Å². The second-order valence-corrected chi connectivity index (χ2v) is 8.96. The van der Waals surface area contributed by atoms with Gasteiger partial charge in [0.15, 0.2) is 0 Å². The number of nitrogens with zero attached hydrogens (tertiary/aromatic N) is 1. The molecule has 5 aromatic rings. The first kappa shape index (κ1) is 21.9. The minimum atomic E-state index is -0.161. The molecule has 2 aromatic carbocycles. The van der Waals surface area contributed by atoms with Gasteiger partial charge in [0, 0.05) is 64.1 Å². The normalized spacial score (nSPS) is 14.7. The Morgan fingerprint density at radius 3 is 2.83 bits per heavy atom. The van der Waals surface area contributed by atoms with Crippen LogP contribution in [0.2, 0.25) is 0 Å². The minimum absolute atomic E-state index is 0.109. The lowest BCUT2D eigenvalue weighted by Gasteiger charge is -2.13. The van der Waals surface area contributed by atoms with E-state index in [4.69, 9.17) is 10.5 Å². The Bertz CT molecular complexity index is 1580. The number of rotatable bonds is 7. The van der Waals surface area contributed by atoms with Gasteiger partial charge in [0.25, 0.3) is 5.91 Å². The Labute approximate surface area is 208 Å². The van der Waals surface area contributed by atoms with E-state index in [1.165, 1.54) is 10.9 Å². The average molecular weight is 476 g/mol. The van der Waals surface area contributed by atoms with Crippen molar-refractivity contribution in [1.82, 2.24) is 15.0 Å². The molecule has 4 heterocycles. The molecule has 1 aliphatic rings. The molecule has 0 radical (unpaired) electrons. The molecule has 0 bridgehead atoms. The summed E-state index contributed by atoms with van der Waals surface area (Å²) >= 11 is 0. The molecule has 6 rings (SSSR count). The van der Waals surface area contributed by atoms with Crippen LogP contribution in [0.3, 0.4) is 0 Å². The third-order valence-corrected chi connectivity index (χ3v) is 6.40. The van der Waals surface area contributed by atoms with Crippen LogP contribution in [0.5, 0.6) is 5.75 Å². The summed E-state index contributed by atoms with van der Waals surface area (Å²) in [6.45, 7) is 0.372. The molecule has 0 aliphatic carbocycles. The lowest BCUT2D eigenvalue weighted by Crippen LogP contribution is -2.30. The summed E-state index contributed by atoms with van der Waals surface area (Å²) in [6, 6.07) is 17.8. The van der Waals surface area contributed by atoms with Gasteiger partial charge in [-0.1, -0.05) is 24.3 Å². The summed E-state index contributed by atoms with van der Waals surface area (Å²) in [7, 11) is 0. The van der Waals surface area contributed by atoms with Gasteiger partial charge in [-0.25, -0.2) is 0 Å². The minimum Gasteiger partial charge on any atom is -0.490 e. The molecule has 0 saturated heterocycles. The number of ether oxygens (including phenoxy) is 1. The largest absolute Gasteiger partial charge is 0.490 e. The molecule has 1 aliphatic heterocycles. The number of para-hydroxylation sites is 1. The summed E-state index contributed by atoms with van der Waals surface area (Å²) in [5, 5.41) is 4.12. The second-order valence-electron chi connectivity index (χ2n) is 8.96. The average Bonchev–Trinajstić information content (AvgIpc) is 3.63. The molecule has 178 valence electrons. The number of nitrogens with one attached hydrogen (secondary N) is 3. The lowest BCUT2D eigenvalue weighted by molar-refractivity contribution is -0.110. The van der Waals surface area contributed by atoms with E-state index in [0.29, 0.717) is 24.4 Å². The first-order chi connectivity index (χ1) is 17.6. The Balaban J connectivity index is 1.18. The fraction of sp³-hybridized carbons (Fsp3) is 0.103. The van der Waals surface area contributed by atoms with Crippen molar-refractivity contribution in [2.45, 2.75) is 12.5 Å². The predicted octanol–water partition coefficient (Wildman–Crippen LogP) is 5.00. The maximum atomic E-state index is 12.6. The van der Waals surface area contributed by atoms with E-state index >= 15 is 0 Å². The van der Waals surface area contributed by atoms with Gasteiger partial charge in [-0.3, -0.25) is 9.78 Å². The van der Waals surface area contributed by atoms with E-state index in [1.807, 2.05) is 67.1 Å². The number of H-pyrrole nitrogens is 2. The van der Waals surface area contributed by atoms with E-state index in [1.54, 1.807) is 12.4 Å². The summed E-state index contributed by atoms with van der Waals surface area (Å²) in [5.41, 5.74) is 13.8. The summed E-state index contributed by atoms with van der Waals surface area (Å²) in [4.78, 5) is 23.2. The van der Waals surface area contributed by atoms with Gasteiger partial charge in [0.1, 0.15) is 12.4 Å². The van der Waals surface area contributed by atoms with Gasteiger partial charge in [-0.15, -0.1) is 0 Å². The zero-order valence-corrected chi connectivity index (χ0v) is 19.5. The maximum Gasteiger partial charge on any atom is 0.256 e. The number of fused-ring (bicyclic) bond motifs is 2. The number of benzene rings is 2. The molecule has 1 amide bonds. The molecule has 7 nitrogen and oxygen atoms in total. The monoisotopic (exact) mass is 475 g/mol. The van der Waals surface area contributed by atoms with Crippen LogP contribution in [0.4, 0.5) is 5.69 Å². The van der Waals surface area contributed by atoms with Crippen molar-refractivity contribution in [3.63, 3.8) is 0 Å². The summed E-state index contributed by atoms with van der Waals surface area (Å²) < 4.78 is 6.01. The van der Waals surface area contributed by atoms with Crippen molar-refractivity contribution in [3.05, 3.63) is 102 Å². The number of hydrogen-bond acceptors (Lipinski definition) is 4. The molecule has 7 heteroatoms. The highest BCUT2D eigenvalue weighted by Gasteiger charge is 2.24. The van der Waals surface area contributed by atoms with Gasteiger partial charge < -0.3 is 25.8 Å². The molecule has 0 saturated carbocycles. The number of amides is 1. The molecule has 0 unspecified atom stereocenters. The highest BCUT2D eigenvalue weighted by molar-refractivity contribution is 6.35. The first-order valence-electron chi connectivity index (χ1n) is 11.8. The number of aromatic amines is 2. The topological polar surface area (TPSA) is 109 Å². The van der Waals surface area contributed by atoms with Crippen molar-refractivity contribution >= 4 is 34.1 Å². The van der Waals surface area contributed by atoms with E-state index in [0.717, 1.165) is 33.5 Å². The van der Waals surface area contributed by atoms with Crippen LogP contribution in [-0.4, -0.2) is 33.5 Å². The van der Waals surface area contributed by atoms with Crippen LogP contribution in [0.15, 0.2) is 85.6 Å². The standard InChI is InChI=1S/C29H25N5O2/c30-22(10-21-15-33-27-4-2-1-3-24(21)27)17-36-23-11-20(14-32-16-23)19-5-6-28-25(12-19)26(29(35)34-28)9-18-7-8-31-13-18/h1-9,11-16,22,31,33H,10,17,30H2,(H,34,35)/t22-/m0/s1. The number of nitrogens with two attached hydrogens (primary N) is 1. The maximum absolute atomic E-state index is 12.6. The van der Waals surface area contributed by atoms with E-state index < -0.39 is 0 Å². The summed E-state index contributed by atoms with van der Waals surface area (Å²) in [6.07, 6.45) is 11.8. The number of anilines is 1. The SMILES string of the molecule is N[C@H](COc1cncc(-c2ccc3c(c2)C(=Cc2cc[nH]c2)C(=O)N3)c1)Cc1c[nH]c2ccccc12. The highest BCUT2D eigenvalue weighted by atomic mass is 16.5. The first-order valence-corrected chi connectivity index (χ1v) is 11.8. The molecular weight excluding hydrogens is 450 g/mol. The molecule has 0 fully saturated rings. The van der Waals surface area contributed by atoms with E-state index in [2.05, 4.69) is 32.4 Å². The lowest BCUT2D eigenvalue weighted by atomic mass is 9.99. The predicted molar refractivity (Wildman–Crippen MR) is 142 cm³/mol. The molecule has 36 heavy (non-hydrogen) atoms. The van der Waals surface area contributed by atoms with Crippen molar-refractivity contribution in [3.8, 4) is 16.9 Å². The Morgan fingerprint density at radius 2 is 1.94 bits per heavy atom. The fourth-order valence-corrected chi connectivity index (χ4v) is 4.60. The van der Waals surface area contributed by atoms with Gasteiger partial charge >= 0.3 is 0 Å². The van der Waals surface area contributed by atoms with Crippen molar-refractivity contribution < 1.29 is 9.53 Å². The summed E-state index contributed by atoms with van der Waals surface area (Å²) in [5.74, 6) is 0.544. The number of pyridine rings is 1. The molecule has 0 spiro atoms. The zero-order chi connectivity index (χ0) is 24.5. The Kier molecular flexibility index (Phi) is 5.59. The van der Waals surface area contributed by atoms with E-state index in [9.17, 15) is 4.79 Å². The number of hydrogen-bond donors (Lipinski definition) is 4. The fourth-order valence-electron chi connectivity index (χ4n) is 4.60. The van der Waals surface area contributed by atoms with Crippen LogP contribution >= 0.6 is 0 Å². The molecule has 5 N–H and O–H groups in total. The molecule has 1 atom stereocenters. The van der Waals surface area contributed by atoms with Gasteiger partial charge in [0.05, 0.1) is 6.20 Å². The third-order valence-electron chi connectivity index (χ3n) is 6.40. The smallest absolute Gasteiger partial charge is 0.256 e. The van der Waals surface area contributed by atoms with E-state index in [-0.39, 0.29) is 11.9 Å². The number of aromatic nitrogens is 3. The number of carbonyl (C=O) groups excluding carboxylic acids is 1. The van der Waals surface area contributed by atoms with Crippen LogP contribution in [0.1, 0.15) is 16.7 Å². The Hall–Kier alpha value is -4.62. The van der Waals surface area contributed by atoms with Crippen molar-refractivity contribution in [2.24, 2.45) is 5.73 Å². The zero-order valence-electron chi connectivity index (χ0n) is 19.5. The second kappa shape index (κ2) is 9.20. The molecule has 3 aromatic heterocycles. The van der Waals surface area contributed by atoms with Gasteiger partial charge in [-0.2, -0.15) is 0 Å². The van der Waals surface area contributed by atoms with Crippen LogP contribution < -0.4 is 15.8 Å². The van der Waals surface area contributed by atoms with Crippen LogP contribution in [0.25, 0.3) is 33.7 Å². The molecular formula is C29H25N5O2. The highest BCUT2D eigenvalue weighted by Crippen LogP contribution is 2.36. The van der Waals surface area contributed by atoms with Crippen molar-refractivity contribution in [2.75, 3.05) is 11.9 Å². The quantitative estimate of drug-likeness (QED) is 0.248. The number of carbonyl (C=O) groups is 1. The Morgan fingerprint density at radius 1 is 1.03 bits per heavy atom. The third kappa shape index (κ3) is 4.28.